The van der Waals surface area contributed by atoms with E-state index >= 15 is 0 Å². The molecule has 25 heavy (non-hydrogen) atoms. The van der Waals surface area contributed by atoms with Gasteiger partial charge in [-0.1, -0.05) is 47.5 Å². The summed E-state index contributed by atoms with van der Waals surface area (Å²) in [7, 11) is 0. The maximum atomic E-state index is 6.07. The van der Waals surface area contributed by atoms with Crippen LogP contribution in [-0.4, -0.2) is 4.57 Å². The van der Waals surface area contributed by atoms with E-state index in [1.807, 2.05) is 12.1 Å². The predicted octanol–water partition coefficient (Wildman–Crippen LogP) is 6.73. The first-order valence-corrected chi connectivity index (χ1v) is 9.11. The molecule has 3 aromatic carbocycles. The molecule has 0 radical (unpaired) electrons. The number of benzene rings is 3. The van der Waals surface area contributed by atoms with E-state index in [2.05, 4.69) is 59.3 Å². The van der Waals surface area contributed by atoms with Gasteiger partial charge in [-0.2, -0.15) is 0 Å². The second-order valence-corrected chi connectivity index (χ2v) is 7.00. The number of fused-ring (bicyclic) bond motifs is 3. The zero-order valence-corrected chi connectivity index (χ0v) is 15.4. The highest BCUT2D eigenvalue weighted by atomic mass is 35.5. The van der Waals surface area contributed by atoms with E-state index in [4.69, 9.17) is 23.2 Å². The second-order valence-electron chi connectivity index (χ2n) is 6.12. The molecule has 0 saturated carbocycles. The molecule has 2 nitrogen and oxygen atoms in total. The van der Waals surface area contributed by atoms with Gasteiger partial charge in [0.2, 0.25) is 0 Å². The Balaban J connectivity index is 1.70. The van der Waals surface area contributed by atoms with Crippen LogP contribution in [0.1, 0.15) is 12.5 Å². The van der Waals surface area contributed by atoms with Gasteiger partial charge in [0.1, 0.15) is 0 Å². The van der Waals surface area contributed by atoms with Crippen molar-refractivity contribution in [2.24, 2.45) is 0 Å². The Morgan fingerprint density at radius 1 is 0.840 bits per heavy atom. The Labute approximate surface area is 157 Å². The second kappa shape index (κ2) is 6.62. The molecule has 0 saturated heterocycles. The van der Waals surface area contributed by atoms with Crippen LogP contribution in [0.25, 0.3) is 21.8 Å². The van der Waals surface area contributed by atoms with E-state index in [0.29, 0.717) is 10.0 Å². The summed E-state index contributed by atoms with van der Waals surface area (Å²) in [6, 6.07) is 20.7. The number of anilines is 1. The minimum atomic E-state index is 0.636. The molecule has 126 valence electrons. The fraction of sp³-hybridized carbons (Fsp3) is 0.143. The van der Waals surface area contributed by atoms with Gasteiger partial charge in [-0.15, -0.1) is 0 Å². The third-order valence-corrected chi connectivity index (χ3v) is 4.95. The van der Waals surface area contributed by atoms with Gasteiger partial charge in [-0.25, -0.2) is 0 Å². The molecule has 0 bridgehead atoms. The SMILES string of the molecule is CCn1c2ccccc2c2cc(CNc3cc(Cl)cc(Cl)c3)ccc21. The molecule has 4 heteroatoms. The standard InChI is InChI=1S/C21H18Cl2N2/c1-2-25-20-6-4-3-5-18(20)19-9-14(7-8-21(19)25)13-24-17-11-15(22)10-16(23)12-17/h3-12,24H,2,13H2,1H3. The summed E-state index contributed by atoms with van der Waals surface area (Å²) in [4.78, 5) is 0. The van der Waals surface area contributed by atoms with Gasteiger partial charge in [-0.05, 0) is 48.9 Å². The Hall–Kier alpha value is -2.16. The lowest BCUT2D eigenvalue weighted by atomic mass is 10.1. The molecule has 1 aromatic heterocycles. The summed E-state index contributed by atoms with van der Waals surface area (Å²) in [6.45, 7) is 3.87. The van der Waals surface area contributed by atoms with E-state index < -0.39 is 0 Å². The molecule has 1 heterocycles. The van der Waals surface area contributed by atoms with Crippen LogP contribution in [0.3, 0.4) is 0 Å². The van der Waals surface area contributed by atoms with Crippen LogP contribution in [0.2, 0.25) is 10.0 Å². The zero-order chi connectivity index (χ0) is 17.4. The first kappa shape index (κ1) is 16.3. The van der Waals surface area contributed by atoms with Crippen molar-refractivity contribution in [1.29, 1.82) is 0 Å². The van der Waals surface area contributed by atoms with Crippen LogP contribution in [0.5, 0.6) is 0 Å². The van der Waals surface area contributed by atoms with Crippen LogP contribution >= 0.6 is 23.2 Å². The van der Waals surface area contributed by atoms with E-state index in [1.54, 1.807) is 6.07 Å². The maximum absolute atomic E-state index is 6.07. The van der Waals surface area contributed by atoms with Crippen molar-refractivity contribution in [2.75, 3.05) is 5.32 Å². The van der Waals surface area contributed by atoms with Crippen molar-refractivity contribution >= 4 is 50.7 Å². The molecule has 4 rings (SSSR count). The highest BCUT2D eigenvalue weighted by Crippen LogP contribution is 2.30. The number of nitrogens with zero attached hydrogens (tertiary/aromatic N) is 1. The van der Waals surface area contributed by atoms with Gasteiger partial charge >= 0.3 is 0 Å². The normalized spacial score (nSPS) is 11.3. The van der Waals surface area contributed by atoms with E-state index in [0.717, 1.165) is 18.8 Å². The summed E-state index contributed by atoms with van der Waals surface area (Å²) in [5.74, 6) is 0. The van der Waals surface area contributed by atoms with Crippen LogP contribution in [-0.2, 0) is 13.1 Å². The van der Waals surface area contributed by atoms with Crippen molar-refractivity contribution < 1.29 is 0 Å². The van der Waals surface area contributed by atoms with Crippen molar-refractivity contribution in [2.45, 2.75) is 20.0 Å². The van der Waals surface area contributed by atoms with Crippen molar-refractivity contribution in [1.82, 2.24) is 4.57 Å². The van der Waals surface area contributed by atoms with E-state index in [9.17, 15) is 0 Å². The number of rotatable bonds is 4. The molecule has 0 amide bonds. The van der Waals surface area contributed by atoms with Crippen molar-refractivity contribution in [3.05, 3.63) is 76.3 Å². The maximum Gasteiger partial charge on any atom is 0.0491 e. The largest absolute Gasteiger partial charge is 0.381 e. The summed E-state index contributed by atoms with van der Waals surface area (Å²) >= 11 is 12.1. The number of nitrogens with one attached hydrogen (secondary N) is 1. The van der Waals surface area contributed by atoms with Crippen LogP contribution in [0.4, 0.5) is 5.69 Å². The van der Waals surface area contributed by atoms with E-state index in [1.165, 1.54) is 27.4 Å². The van der Waals surface area contributed by atoms with Crippen molar-refractivity contribution in [3.8, 4) is 0 Å². The monoisotopic (exact) mass is 368 g/mol. The molecule has 0 aliphatic rings. The zero-order valence-electron chi connectivity index (χ0n) is 13.9. The average Bonchev–Trinajstić information content (AvgIpc) is 2.92. The molecule has 1 N–H and O–H groups in total. The molecular weight excluding hydrogens is 351 g/mol. The Morgan fingerprint density at radius 2 is 1.56 bits per heavy atom. The molecular formula is C21H18Cl2N2. The smallest absolute Gasteiger partial charge is 0.0491 e. The third-order valence-electron chi connectivity index (χ3n) is 4.51. The minimum Gasteiger partial charge on any atom is -0.381 e. The van der Waals surface area contributed by atoms with Crippen LogP contribution in [0.15, 0.2) is 60.7 Å². The Kier molecular flexibility index (Phi) is 4.32. The molecule has 0 aliphatic heterocycles. The Morgan fingerprint density at radius 3 is 2.32 bits per heavy atom. The number of aryl methyl sites for hydroxylation is 1. The first-order chi connectivity index (χ1) is 12.2. The highest BCUT2D eigenvalue weighted by Gasteiger charge is 2.09. The van der Waals surface area contributed by atoms with Crippen LogP contribution < -0.4 is 5.32 Å². The van der Waals surface area contributed by atoms with Gasteiger partial charge in [0.25, 0.3) is 0 Å². The quantitative estimate of drug-likeness (QED) is 0.422. The minimum absolute atomic E-state index is 0.636. The first-order valence-electron chi connectivity index (χ1n) is 8.35. The predicted molar refractivity (Wildman–Crippen MR) is 109 cm³/mol. The van der Waals surface area contributed by atoms with Crippen molar-refractivity contribution in [3.63, 3.8) is 0 Å². The summed E-state index contributed by atoms with van der Waals surface area (Å²) in [5.41, 5.74) is 4.71. The van der Waals surface area contributed by atoms with Gasteiger partial charge in [0.05, 0.1) is 0 Å². The lowest BCUT2D eigenvalue weighted by Crippen LogP contribution is -1.99. The number of halogens is 2. The summed E-state index contributed by atoms with van der Waals surface area (Å²) in [6.07, 6.45) is 0. The number of para-hydroxylation sites is 1. The summed E-state index contributed by atoms with van der Waals surface area (Å²) < 4.78 is 2.36. The lowest BCUT2D eigenvalue weighted by molar-refractivity contribution is 0.827. The topological polar surface area (TPSA) is 17.0 Å². The molecule has 0 atom stereocenters. The third kappa shape index (κ3) is 3.08. The highest BCUT2D eigenvalue weighted by molar-refractivity contribution is 6.35. The molecule has 0 spiro atoms. The average molecular weight is 369 g/mol. The number of aromatic nitrogens is 1. The molecule has 0 fully saturated rings. The summed E-state index contributed by atoms with van der Waals surface area (Å²) in [5, 5.41) is 7.26. The number of hydrogen-bond acceptors (Lipinski definition) is 1. The van der Waals surface area contributed by atoms with E-state index in [-0.39, 0.29) is 0 Å². The lowest BCUT2D eigenvalue weighted by Gasteiger charge is -2.08. The van der Waals surface area contributed by atoms with Crippen LogP contribution in [0, 0.1) is 0 Å². The molecule has 0 unspecified atom stereocenters. The Bertz CT molecular complexity index is 1050. The number of hydrogen-bond donors (Lipinski definition) is 1. The van der Waals surface area contributed by atoms with Gasteiger partial charge in [0.15, 0.2) is 0 Å². The molecule has 4 aromatic rings. The fourth-order valence-electron chi connectivity index (χ4n) is 3.41. The van der Waals surface area contributed by atoms with Gasteiger partial charge < -0.3 is 9.88 Å². The van der Waals surface area contributed by atoms with Gasteiger partial charge in [0, 0.05) is 50.6 Å². The fourth-order valence-corrected chi connectivity index (χ4v) is 3.94. The molecule has 0 aliphatic carbocycles. The van der Waals surface area contributed by atoms with Gasteiger partial charge in [-0.3, -0.25) is 0 Å².